The molecule has 1 aliphatic rings. The van der Waals surface area contributed by atoms with Gasteiger partial charge in [-0.25, -0.2) is 0 Å². The largest absolute Gasteiger partial charge is 0.497 e. The third-order valence-corrected chi connectivity index (χ3v) is 6.13. The average Bonchev–Trinajstić information content (AvgIpc) is 3.59. The van der Waals surface area contributed by atoms with Crippen LogP contribution in [0.4, 0.5) is 5.88 Å². The fraction of sp³-hybridized carbons (Fsp3) is 0.250. The van der Waals surface area contributed by atoms with Gasteiger partial charge in [-0.3, -0.25) is 4.79 Å². The molecule has 0 unspecified atom stereocenters. The smallest absolute Gasteiger partial charge is 0.266 e. The number of aryl methyl sites for hydroxylation is 1. The number of nitrogens with zero attached hydrogens (tertiary/aromatic N) is 4. The first-order valence-electron chi connectivity index (χ1n) is 11.9. The minimum atomic E-state index is -0.0617. The van der Waals surface area contributed by atoms with Crippen molar-refractivity contribution in [1.29, 1.82) is 5.26 Å². The molecule has 1 amide bonds. The number of furan rings is 1. The van der Waals surface area contributed by atoms with E-state index in [-0.39, 0.29) is 24.1 Å². The summed E-state index contributed by atoms with van der Waals surface area (Å²) in [7, 11) is 1.57. The fourth-order valence-corrected chi connectivity index (χ4v) is 4.19. The highest BCUT2D eigenvalue weighted by Crippen LogP contribution is 2.30. The van der Waals surface area contributed by atoms with E-state index in [0.29, 0.717) is 54.9 Å². The second-order valence-corrected chi connectivity index (χ2v) is 8.67. The second kappa shape index (κ2) is 10.5. The molecule has 37 heavy (non-hydrogen) atoms. The first kappa shape index (κ1) is 24.0. The van der Waals surface area contributed by atoms with Gasteiger partial charge in [-0.2, -0.15) is 10.2 Å². The molecule has 188 valence electrons. The molecule has 0 spiro atoms. The van der Waals surface area contributed by atoms with Crippen molar-refractivity contribution in [2.75, 3.05) is 38.2 Å². The Bertz CT molecular complexity index is 1440. The number of aromatic nitrogens is 1. The Morgan fingerprint density at radius 1 is 1.03 bits per heavy atom. The summed E-state index contributed by atoms with van der Waals surface area (Å²) in [5.41, 5.74) is 1.86. The normalized spacial score (nSPS) is 13.3. The molecule has 9 nitrogen and oxygen atoms in total. The van der Waals surface area contributed by atoms with Gasteiger partial charge in [-0.1, -0.05) is 18.2 Å². The molecule has 0 aliphatic carbocycles. The monoisotopic (exact) mass is 498 g/mol. The lowest BCUT2D eigenvalue weighted by molar-refractivity contribution is 0.0745. The zero-order chi connectivity index (χ0) is 25.8. The van der Waals surface area contributed by atoms with E-state index in [9.17, 15) is 10.1 Å². The van der Waals surface area contributed by atoms with Crippen LogP contribution in [0.15, 0.2) is 69.5 Å². The Morgan fingerprint density at radius 2 is 1.81 bits per heavy atom. The van der Waals surface area contributed by atoms with Crippen molar-refractivity contribution in [2.24, 2.45) is 0 Å². The van der Waals surface area contributed by atoms with Gasteiger partial charge in [0.15, 0.2) is 5.76 Å². The summed E-state index contributed by atoms with van der Waals surface area (Å²) in [6, 6.07) is 20.5. The highest BCUT2D eigenvalue weighted by Gasteiger charge is 2.28. The number of methoxy groups -OCH3 is 1. The number of rotatable bonds is 7. The summed E-state index contributed by atoms with van der Waals surface area (Å²) in [5.74, 6) is 2.96. The van der Waals surface area contributed by atoms with Crippen LogP contribution in [-0.2, 0) is 6.61 Å². The van der Waals surface area contributed by atoms with Crippen LogP contribution in [0.2, 0.25) is 0 Å². The fourth-order valence-electron chi connectivity index (χ4n) is 4.19. The summed E-state index contributed by atoms with van der Waals surface area (Å²) in [5, 5.41) is 9.66. The van der Waals surface area contributed by atoms with E-state index in [0.717, 1.165) is 11.3 Å². The molecule has 2 aromatic heterocycles. The molecular formula is C28H26N4O5. The van der Waals surface area contributed by atoms with E-state index in [1.807, 2.05) is 36.1 Å². The van der Waals surface area contributed by atoms with Crippen LogP contribution in [0, 0.1) is 18.3 Å². The molecule has 0 atom stereocenters. The van der Waals surface area contributed by atoms with Crippen LogP contribution in [0.5, 0.6) is 11.5 Å². The minimum absolute atomic E-state index is 0.0617. The van der Waals surface area contributed by atoms with Gasteiger partial charge in [0.05, 0.1) is 7.11 Å². The quantitative estimate of drug-likeness (QED) is 0.362. The van der Waals surface area contributed by atoms with Gasteiger partial charge in [0.1, 0.15) is 29.9 Å². The van der Waals surface area contributed by atoms with Crippen molar-refractivity contribution >= 4 is 11.8 Å². The van der Waals surface area contributed by atoms with Gasteiger partial charge in [0.2, 0.25) is 11.6 Å². The number of piperazine rings is 1. The minimum Gasteiger partial charge on any atom is -0.497 e. The van der Waals surface area contributed by atoms with Crippen molar-refractivity contribution in [2.45, 2.75) is 13.5 Å². The Labute approximate surface area is 214 Å². The van der Waals surface area contributed by atoms with Crippen molar-refractivity contribution < 1.29 is 23.1 Å². The van der Waals surface area contributed by atoms with Crippen LogP contribution in [-0.4, -0.2) is 49.1 Å². The maximum Gasteiger partial charge on any atom is 0.266 e. The van der Waals surface area contributed by atoms with Crippen molar-refractivity contribution in [3.05, 3.63) is 83.2 Å². The summed E-state index contributed by atoms with van der Waals surface area (Å²) >= 11 is 0. The highest BCUT2D eigenvalue weighted by molar-refractivity contribution is 5.94. The first-order chi connectivity index (χ1) is 18.0. The number of amides is 1. The van der Waals surface area contributed by atoms with E-state index < -0.39 is 0 Å². The predicted molar refractivity (Wildman–Crippen MR) is 136 cm³/mol. The zero-order valence-electron chi connectivity index (χ0n) is 20.6. The van der Waals surface area contributed by atoms with Crippen LogP contribution in [0.1, 0.15) is 27.4 Å². The van der Waals surface area contributed by atoms with E-state index in [4.69, 9.17) is 18.3 Å². The maximum absolute atomic E-state index is 12.9. The predicted octanol–water partition coefficient (Wildman–Crippen LogP) is 4.66. The molecule has 0 N–H and O–H groups in total. The standard InChI is InChI=1S/C28H26N4O5/c1-19-5-3-8-22(15-19)35-18-23-9-10-25(36-23)26-30-24(17-29)28(37-26)32-13-11-31(12-14-32)27(33)20-6-4-7-21(16-20)34-2/h3-10,15-16H,11-14,18H2,1-2H3. The van der Waals surface area contributed by atoms with E-state index in [2.05, 4.69) is 11.1 Å². The molecular weight excluding hydrogens is 472 g/mol. The first-order valence-corrected chi connectivity index (χ1v) is 11.9. The summed E-state index contributed by atoms with van der Waals surface area (Å²) in [6.45, 7) is 4.24. The number of carbonyl (C=O) groups is 1. The SMILES string of the molecule is COc1cccc(C(=O)N2CCN(c3oc(-c4ccc(COc5cccc(C)c5)o4)nc3C#N)CC2)c1. The number of ether oxygens (including phenoxy) is 2. The van der Waals surface area contributed by atoms with Crippen molar-refractivity contribution in [3.63, 3.8) is 0 Å². The molecule has 1 aliphatic heterocycles. The van der Waals surface area contributed by atoms with E-state index >= 15 is 0 Å². The Hall–Kier alpha value is -4.71. The number of carbonyl (C=O) groups excluding carboxylic acids is 1. The van der Waals surface area contributed by atoms with Crippen LogP contribution in [0.25, 0.3) is 11.7 Å². The number of anilines is 1. The Morgan fingerprint density at radius 3 is 2.57 bits per heavy atom. The molecule has 2 aromatic carbocycles. The zero-order valence-corrected chi connectivity index (χ0v) is 20.6. The summed E-state index contributed by atoms with van der Waals surface area (Å²) in [6.07, 6.45) is 0. The average molecular weight is 499 g/mol. The maximum atomic E-state index is 12.9. The molecule has 9 heteroatoms. The van der Waals surface area contributed by atoms with Crippen LogP contribution < -0.4 is 14.4 Å². The molecule has 1 saturated heterocycles. The lowest BCUT2D eigenvalue weighted by Crippen LogP contribution is -2.48. The van der Waals surface area contributed by atoms with Gasteiger partial charge in [0.25, 0.3) is 11.8 Å². The molecule has 1 fully saturated rings. The molecule has 0 bridgehead atoms. The second-order valence-electron chi connectivity index (χ2n) is 8.67. The topological polar surface area (TPSA) is 105 Å². The number of hydrogen-bond donors (Lipinski definition) is 0. The number of hydrogen-bond acceptors (Lipinski definition) is 8. The third-order valence-electron chi connectivity index (χ3n) is 6.13. The van der Waals surface area contributed by atoms with Gasteiger partial charge >= 0.3 is 0 Å². The lowest BCUT2D eigenvalue weighted by Gasteiger charge is -2.34. The van der Waals surface area contributed by atoms with Gasteiger partial charge in [-0.15, -0.1) is 0 Å². The van der Waals surface area contributed by atoms with Crippen molar-refractivity contribution in [3.8, 4) is 29.2 Å². The molecule has 0 radical (unpaired) electrons. The summed E-state index contributed by atoms with van der Waals surface area (Å²) in [4.78, 5) is 21.0. The van der Waals surface area contributed by atoms with Crippen LogP contribution in [0.3, 0.4) is 0 Å². The lowest BCUT2D eigenvalue weighted by atomic mass is 10.1. The molecule has 4 aromatic rings. The Balaban J connectivity index is 1.24. The van der Waals surface area contributed by atoms with E-state index in [1.165, 1.54) is 0 Å². The van der Waals surface area contributed by atoms with Gasteiger partial charge in [-0.05, 0) is 55.0 Å². The van der Waals surface area contributed by atoms with E-state index in [1.54, 1.807) is 48.4 Å². The molecule has 3 heterocycles. The molecule has 0 saturated carbocycles. The van der Waals surface area contributed by atoms with Gasteiger partial charge in [0, 0.05) is 31.7 Å². The van der Waals surface area contributed by atoms with Gasteiger partial charge < -0.3 is 28.1 Å². The summed E-state index contributed by atoms with van der Waals surface area (Å²) < 4.78 is 22.9. The van der Waals surface area contributed by atoms with Crippen molar-refractivity contribution in [1.82, 2.24) is 9.88 Å². The van der Waals surface area contributed by atoms with Crippen LogP contribution >= 0.6 is 0 Å². The number of benzene rings is 2. The third kappa shape index (κ3) is 5.28. The number of oxazole rings is 1. The number of nitriles is 1. The molecule has 5 rings (SSSR count). The highest BCUT2D eigenvalue weighted by atomic mass is 16.5. The Kier molecular flexibility index (Phi) is 6.81.